The van der Waals surface area contributed by atoms with Gasteiger partial charge in [0, 0.05) is 37.2 Å². The Kier molecular flexibility index (Phi) is 7.33. The molecule has 2 atom stereocenters. The number of benzene rings is 2. The highest BCUT2D eigenvalue weighted by Gasteiger charge is 2.44. The van der Waals surface area contributed by atoms with Crippen LogP contribution >= 0.6 is 0 Å². The van der Waals surface area contributed by atoms with E-state index in [9.17, 15) is 4.79 Å². The highest BCUT2D eigenvalue weighted by molar-refractivity contribution is 5.94. The van der Waals surface area contributed by atoms with Crippen molar-refractivity contribution >= 4 is 11.9 Å². The minimum absolute atomic E-state index is 0.0673. The van der Waals surface area contributed by atoms with Crippen molar-refractivity contribution in [1.29, 1.82) is 0 Å². The molecular weight excluding hydrogens is 412 g/mol. The van der Waals surface area contributed by atoms with E-state index in [-0.39, 0.29) is 23.5 Å². The third-order valence-electron chi connectivity index (χ3n) is 6.51. The first-order valence-corrected chi connectivity index (χ1v) is 12.1. The molecular formula is C27H36N4O2. The predicted octanol–water partition coefficient (Wildman–Crippen LogP) is 3.72. The summed E-state index contributed by atoms with van der Waals surface area (Å²) in [5.41, 5.74) is 3.43. The average Bonchev–Trinajstić information content (AvgIpc) is 3.62. The first-order valence-electron chi connectivity index (χ1n) is 12.1. The number of hydrogen-bond acceptors (Lipinski definition) is 3. The maximum absolute atomic E-state index is 12.9. The number of hydrogen-bond donors (Lipinski definition) is 2. The van der Waals surface area contributed by atoms with Gasteiger partial charge in [-0.05, 0) is 56.9 Å². The Morgan fingerprint density at radius 1 is 1.03 bits per heavy atom. The Bertz CT molecular complexity index is 944. The summed E-state index contributed by atoms with van der Waals surface area (Å²) in [4.78, 5) is 19.5. The summed E-state index contributed by atoms with van der Waals surface area (Å²) in [6.45, 7) is 9.63. The highest BCUT2D eigenvalue weighted by atomic mass is 16.5. The molecule has 1 saturated carbocycles. The second-order valence-electron chi connectivity index (χ2n) is 9.36. The Morgan fingerprint density at radius 2 is 1.70 bits per heavy atom. The van der Waals surface area contributed by atoms with Crippen molar-refractivity contribution < 1.29 is 9.53 Å². The lowest BCUT2D eigenvalue weighted by Crippen LogP contribution is -2.48. The summed E-state index contributed by atoms with van der Waals surface area (Å²) in [6.07, 6.45) is 2.55. The standard InChI is InChI=1S/C27H36N4O2/c1-4-28-26(30-19-27(14-15-27)24-8-6-5-7-9-24)29-16-22-10-12-23(13-11-22)25(32)31-17-20(2)33-21(3)18-31/h5-13,20-21H,4,14-19H2,1-3H3,(H2,28,29,30). The van der Waals surface area contributed by atoms with Crippen LogP contribution < -0.4 is 10.6 Å². The lowest BCUT2D eigenvalue weighted by Gasteiger charge is -2.35. The molecule has 2 aromatic rings. The zero-order valence-electron chi connectivity index (χ0n) is 20.0. The van der Waals surface area contributed by atoms with Crippen LogP contribution in [0.25, 0.3) is 0 Å². The van der Waals surface area contributed by atoms with E-state index in [1.807, 2.05) is 43.0 Å². The van der Waals surface area contributed by atoms with E-state index >= 15 is 0 Å². The van der Waals surface area contributed by atoms with Gasteiger partial charge in [-0.3, -0.25) is 4.79 Å². The summed E-state index contributed by atoms with van der Waals surface area (Å²) in [7, 11) is 0. The van der Waals surface area contributed by atoms with Gasteiger partial charge in [0.15, 0.2) is 5.96 Å². The Hall–Kier alpha value is -2.86. The first-order chi connectivity index (χ1) is 16.0. The molecule has 1 aliphatic carbocycles. The molecule has 4 rings (SSSR count). The molecule has 33 heavy (non-hydrogen) atoms. The second kappa shape index (κ2) is 10.4. The average molecular weight is 449 g/mol. The molecule has 0 aromatic heterocycles. The third kappa shape index (κ3) is 5.93. The molecule has 2 aliphatic rings. The van der Waals surface area contributed by atoms with Gasteiger partial charge in [-0.25, -0.2) is 4.99 Å². The number of ether oxygens (including phenoxy) is 1. The number of rotatable bonds is 7. The third-order valence-corrected chi connectivity index (χ3v) is 6.51. The molecule has 0 spiro atoms. The molecule has 6 heteroatoms. The lowest BCUT2D eigenvalue weighted by atomic mass is 9.96. The Labute approximate surface area is 197 Å². The summed E-state index contributed by atoms with van der Waals surface area (Å²) in [5.74, 6) is 0.897. The number of guanidine groups is 1. The summed E-state index contributed by atoms with van der Waals surface area (Å²) in [5, 5.41) is 6.89. The molecule has 0 bridgehead atoms. The maximum atomic E-state index is 12.9. The monoisotopic (exact) mass is 448 g/mol. The van der Waals surface area contributed by atoms with E-state index in [1.165, 1.54) is 18.4 Å². The molecule has 1 saturated heterocycles. The number of aliphatic imine (C=N–C) groups is 1. The fourth-order valence-electron chi connectivity index (χ4n) is 4.55. The number of nitrogens with one attached hydrogen (secondary N) is 2. The van der Waals surface area contributed by atoms with Gasteiger partial charge in [-0.15, -0.1) is 0 Å². The van der Waals surface area contributed by atoms with Crippen LogP contribution in [0.15, 0.2) is 59.6 Å². The molecule has 2 fully saturated rings. The summed E-state index contributed by atoms with van der Waals surface area (Å²) in [6, 6.07) is 18.6. The van der Waals surface area contributed by atoms with Gasteiger partial charge in [0.2, 0.25) is 0 Å². The van der Waals surface area contributed by atoms with Crippen LogP contribution in [0.1, 0.15) is 55.1 Å². The number of carbonyl (C=O) groups is 1. The fourth-order valence-corrected chi connectivity index (χ4v) is 4.55. The van der Waals surface area contributed by atoms with Crippen LogP contribution in [0.3, 0.4) is 0 Å². The number of morpholine rings is 1. The van der Waals surface area contributed by atoms with Gasteiger partial charge in [0.1, 0.15) is 0 Å². The van der Waals surface area contributed by atoms with Gasteiger partial charge in [-0.2, -0.15) is 0 Å². The van der Waals surface area contributed by atoms with Crippen molar-refractivity contribution in [3.8, 4) is 0 Å². The van der Waals surface area contributed by atoms with E-state index in [0.717, 1.165) is 24.6 Å². The van der Waals surface area contributed by atoms with Crippen LogP contribution in [-0.2, 0) is 16.7 Å². The van der Waals surface area contributed by atoms with Crippen molar-refractivity contribution in [2.24, 2.45) is 4.99 Å². The molecule has 2 unspecified atom stereocenters. The van der Waals surface area contributed by atoms with Gasteiger partial charge in [0.25, 0.3) is 5.91 Å². The molecule has 1 amide bonds. The second-order valence-corrected chi connectivity index (χ2v) is 9.36. The minimum Gasteiger partial charge on any atom is -0.372 e. The van der Waals surface area contributed by atoms with E-state index in [0.29, 0.717) is 25.2 Å². The lowest BCUT2D eigenvalue weighted by molar-refractivity contribution is -0.0586. The van der Waals surface area contributed by atoms with Crippen molar-refractivity contribution in [2.45, 2.75) is 57.8 Å². The van der Waals surface area contributed by atoms with E-state index < -0.39 is 0 Å². The van der Waals surface area contributed by atoms with Crippen LogP contribution in [0.2, 0.25) is 0 Å². The smallest absolute Gasteiger partial charge is 0.254 e. The molecule has 2 aromatic carbocycles. The molecule has 0 radical (unpaired) electrons. The molecule has 1 aliphatic heterocycles. The molecule has 2 N–H and O–H groups in total. The normalized spacial score (nSPS) is 22.0. The van der Waals surface area contributed by atoms with E-state index in [4.69, 9.17) is 9.73 Å². The van der Waals surface area contributed by atoms with Crippen molar-refractivity contribution in [2.75, 3.05) is 26.2 Å². The van der Waals surface area contributed by atoms with Crippen LogP contribution in [0, 0.1) is 0 Å². The Morgan fingerprint density at radius 3 is 2.30 bits per heavy atom. The molecule has 176 valence electrons. The number of nitrogens with zero attached hydrogens (tertiary/aromatic N) is 2. The van der Waals surface area contributed by atoms with E-state index in [2.05, 4.69) is 47.9 Å². The van der Waals surface area contributed by atoms with Gasteiger partial charge < -0.3 is 20.3 Å². The number of amides is 1. The highest BCUT2D eigenvalue weighted by Crippen LogP contribution is 2.47. The molecule has 1 heterocycles. The van der Waals surface area contributed by atoms with Gasteiger partial charge >= 0.3 is 0 Å². The van der Waals surface area contributed by atoms with Crippen molar-refractivity contribution in [3.05, 3.63) is 71.3 Å². The van der Waals surface area contributed by atoms with Crippen LogP contribution in [-0.4, -0.2) is 55.2 Å². The van der Waals surface area contributed by atoms with Gasteiger partial charge in [0.05, 0.1) is 18.8 Å². The fraction of sp³-hybridized carbons (Fsp3) is 0.481. The summed E-state index contributed by atoms with van der Waals surface area (Å²) >= 11 is 0. The van der Waals surface area contributed by atoms with Crippen LogP contribution in [0.5, 0.6) is 0 Å². The van der Waals surface area contributed by atoms with Crippen LogP contribution in [0.4, 0.5) is 0 Å². The SMILES string of the molecule is CCNC(=NCc1ccc(C(=O)N2CC(C)OC(C)C2)cc1)NCC1(c2ccccc2)CC1. The zero-order chi connectivity index (χ0) is 23.3. The van der Waals surface area contributed by atoms with Crippen molar-refractivity contribution in [1.82, 2.24) is 15.5 Å². The first kappa shape index (κ1) is 23.3. The zero-order valence-corrected chi connectivity index (χ0v) is 20.0. The predicted molar refractivity (Wildman–Crippen MR) is 133 cm³/mol. The minimum atomic E-state index is 0.0673. The molecule has 6 nitrogen and oxygen atoms in total. The Balaban J connectivity index is 1.35. The van der Waals surface area contributed by atoms with Crippen molar-refractivity contribution in [3.63, 3.8) is 0 Å². The summed E-state index contributed by atoms with van der Waals surface area (Å²) < 4.78 is 5.74. The largest absolute Gasteiger partial charge is 0.372 e. The van der Waals surface area contributed by atoms with E-state index in [1.54, 1.807) is 0 Å². The van der Waals surface area contributed by atoms with Gasteiger partial charge in [-0.1, -0.05) is 42.5 Å². The number of carbonyl (C=O) groups excluding carboxylic acids is 1. The topological polar surface area (TPSA) is 66.0 Å². The maximum Gasteiger partial charge on any atom is 0.254 e. The quantitative estimate of drug-likeness (QED) is 0.501.